The molecule has 11 nitrogen and oxygen atoms in total. The van der Waals surface area contributed by atoms with Gasteiger partial charge in [-0.3, -0.25) is 4.90 Å². The van der Waals surface area contributed by atoms with E-state index in [1.807, 2.05) is 39.8 Å². The smallest absolute Gasteiger partial charge is 0.415 e. The van der Waals surface area contributed by atoms with Crippen molar-refractivity contribution >= 4 is 24.0 Å². The van der Waals surface area contributed by atoms with Gasteiger partial charge in [0, 0.05) is 44.4 Å². The third-order valence-electron chi connectivity index (χ3n) is 6.55. The third kappa shape index (κ3) is 6.81. The maximum Gasteiger partial charge on any atom is 0.415 e. The van der Waals surface area contributed by atoms with Crippen LogP contribution in [-0.2, 0) is 9.47 Å². The zero-order valence-electron chi connectivity index (χ0n) is 23.0. The number of carbonyl (C=O) groups is 2. The van der Waals surface area contributed by atoms with Crippen LogP contribution in [0, 0.1) is 5.92 Å². The number of pyridine rings is 1. The molecule has 0 saturated carbocycles. The molecule has 206 valence electrons. The van der Waals surface area contributed by atoms with Crippen LogP contribution in [0.15, 0.2) is 30.6 Å². The number of anilines is 2. The number of hydrogen-bond acceptors (Lipinski definition) is 9. The van der Waals surface area contributed by atoms with Crippen LogP contribution in [0.4, 0.5) is 21.4 Å². The van der Waals surface area contributed by atoms with Crippen molar-refractivity contribution in [2.24, 2.45) is 5.92 Å². The van der Waals surface area contributed by atoms with Crippen molar-refractivity contribution in [3.63, 3.8) is 0 Å². The Kier molecular flexibility index (Phi) is 8.23. The molecular formula is C27H38N6O5. The molecule has 0 spiro atoms. The van der Waals surface area contributed by atoms with Gasteiger partial charge in [-0.2, -0.15) is 4.98 Å². The van der Waals surface area contributed by atoms with E-state index in [2.05, 4.69) is 34.1 Å². The summed E-state index contributed by atoms with van der Waals surface area (Å²) in [5.74, 6) is 1.70. The molecule has 11 heteroatoms. The Hall–Kier alpha value is -3.63. The number of piperidine rings is 1. The molecule has 2 unspecified atom stereocenters. The maximum absolute atomic E-state index is 12.3. The number of aromatic nitrogens is 3. The lowest BCUT2D eigenvalue weighted by molar-refractivity contribution is 0.0123. The van der Waals surface area contributed by atoms with Crippen LogP contribution in [0.5, 0.6) is 5.88 Å². The van der Waals surface area contributed by atoms with E-state index >= 15 is 0 Å². The van der Waals surface area contributed by atoms with Gasteiger partial charge >= 0.3 is 12.2 Å². The molecule has 2 atom stereocenters. The van der Waals surface area contributed by atoms with E-state index in [-0.39, 0.29) is 30.2 Å². The number of cyclic esters (lactones) is 1. The van der Waals surface area contributed by atoms with Crippen molar-refractivity contribution in [2.45, 2.75) is 78.2 Å². The first-order chi connectivity index (χ1) is 18.0. The summed E-state index contributed by atoms with van der Waals surface area (Å²) >= 11 is 0. The second-order valence-electron chi connectivity index (χ2n) is 11.1. The monoisotopic (exact) mass is 526 g/mol. The molecule has 4 heterocycles. The number of amides is 2. The number of likely N-dealkylation sites (tertiary alicyclic amines) is 1. The summed E-state index contributed by atoms with van der Waals surface area (Å²) in [5, 5.41) is 3.28. The van der Waals surface area contributed by atoms with E-state index in [1.54, 1.807) is 28.3 Å². The van der Waals surface area contributed by atoms with E-state index in [0.29, 0.717) is 37.3 Å². The standard InChI is InChI=1S/C27H38N6O5/c1-17(2)21-16-36-26(35)33(21)22-9-12-28-24(31-22)30-18(3)19-7-8-23(29-15-19)37-20-10-13-32(14-11-20)25(34)38-27(4,5)6/h7-9,12,15,17-18,20-21H,10-11,13-14,16H2,1-6H3,(H,28,30,31). The number of carbonyl (C=O) groups excluding carboxylic acids is 2. The maximum atomic E-state index is 12.3. The van der Waals surface area contributed by atoms with E-state index in [9.17, 15) is 9.59 Å². The minimum Gasteiger partial charge on any atom is -0.474 e. The van der Waals surface area contributed by atoms with Gasteiger partial charge in [-0.15, -0.1) is 0 Å². The molecule has 2 saturated heterocycles. The summed E-state index contributed by atoms with van der Waals surface area (Å²) in [5.41, 5.74) is 0.433. The first-order valence-electron chi connectivity index (χ1n) is 13.2. The van der Waals surface area contributed by atoms with Gasteiger partial charge in [-0.05, 0) is 45.2 Å². The van der Waals surface area contributed by atoms with Crippen molar-refractivity contribution in [3.05, 3.63) is 36.2 Å². The molecular weight excluding hydrogens is 488 g/mol. The molecule has 0 aliphatic carbocycles. The molecule has 2 fully saturated rings. The SMILES string of the molecule is CC(Nc1nccc(N2C(=O)OCC2C(C)C)n1)c1ccc(OC2CCN(C(=O)OC(C)(C)C)CC2)nc1. The van der Waals surface area contributed by atoms with Gasteiger partial charge in [0.15, 0.2) is 0 Å². The van der Waals surface area contributed by atoms with Gasteiger partial charge in [-0.25, -0.2) is 19.6 Å². The molecule has 1 N–H and O–H groups in total. The lowest BCUT2D eigenvalue weighted by Crippen LogP contribution is -2.44. The zero-order chi connectivity index (χ0) is 27.4. The molecule has 2 aliphatic heterocycles. The Balaban J connectivity index is 1.31. The predicted molar refractivity (Wildman–Crippen MR) is 142 cm³/mol. The fourth-order valence-corrected chi connectivity index (χ4v) is 4.39. The molecule has 0 radical (unpaired) electrons. The minimum absolute atomic E-state index is 0.00864. The third-order valence-corrected chi connectivity index (χ3v) is 6.55. The highest BCUT2D eigenvalue weighted by molar-refractivity contribution is 5.89. The lowest BCUT2D eigenvalue weighted by Gasteiger charge is -2.33. The number of nitrogens with one attached hydrogen (secondary N) is 1. The fraction of sp³-hybridized carbons (Fsp3) is 0.593. The average molecular weight is 527 g/mol. The highest BCUT2D eigenvalue weighted by Gasteiger charge is 2.37. The number of ether oxygens (including phenoxy) is 3. The number of nitrogens with zero attached hydrogens (tertiary/aromatic N) is 5. The quantitative estimate of drug-likeness (QED) is 0.542. The van der Waals surface area contributed by atoms with Gasteiger partial charge in [0.2, 0.25) is 11.8 Å². The molecule has 2 aromatic heterocycles. The Bertz CT molecular complexity index is 1110. The summed E-state index contributed by atoms with van der Waals surface area (Å²) in [7, 11) is 0. The molecule has 2 aromatic rings. The van der Waals surface area contributed by atoms with Gasteiger partial charge < -0.3 is 24.4 Å². The molecule has 0 aromatic carbocycles. The number of rotatable bonds is 7. The van der Waals surface area contributed by atoms with Crippen molar-refractivity contribution in [1.29, 1.82) is 0 Å². The van der Waals surface area contributed by atoms with E-state index in [4.69, 9.17) is 14.2 Å². The van der Waals surface area contributed by atoms with Crippen LogP contribution in [0.1, 0.15) is 66.0 Å². The van der Waals surface area contributed by atoms with Crippen LogP contribution in [0.2, 0.25) is 0 Å². The van der Waals surface area contributed by atoms with Crippen LogP contribution in [0.3, 0.4) is 0 Å². The van der Waals surface area contributed by atoms with Crippen LogP contribution >= 0.6 is 0 Å². The van der Waals surface area contributed by atoms with Gasteiger partial charge in [0.25, 0.3) is 0 Å². The molecule has 2 aliphatic rings. The summed E-state index contributed by atoms with van der Waals surface area (Å²) in [6.07, 6.45) is 4.15. The van der Waals surface area contributed by atoms with Crippen molar-refractivity contribution in [1.82, 2.24) is 19.9 Å². The van der Waals surface area contributed by atoms with E-state index in [1.165, 1.54) is 0 Å². The largest absolute Gasteiger partial charge is 0.474 e. The fourth-order valence-electron chi connectivity index (χ4n) is 4.39. The van der Waals surface area contributed by atoms with Gasteiger partial charge in [0.1, 0.15) is 24.1 Å². The normalized spacial score (nSPS) is 19.3. The minimum atomic E-state index is -0.504. The first-order valence-corrected chi connectivity index (χ1v) is 13.2. The van der Waals surface area contributed by atoms with Gasteiger partial charge in [-0.1, -0.05) is 19.9 Å². The summed E-state index contributed by atoms with van der Waals surface area (Å²) in [6.45, 7) is 13.2. The lowest BCUT2D eigenvalue weighted by atomic mass is 10.0. The highest BCUT2D eigenvalue weighted by atomic mass is 16.6. The average Bonchev–Trinajstić information content (AvgIpc) is 3.26. The molecule has 2 amide bonds. The Morgan fingerprint density at radius 1 is 1.13 bits per heavy atom. The van der Waals surface area contributed by atoms with Crippen molar-refractivity contribution in [3.8, 4) is 5.88 Å². The van der Waals surface area contributed by atoms with Crippen LogP contribution in [-0.4, -0.2) is 69.5 Å². The topological polar surface area (TPSA) is 119 Å². The Morgan fingerprint density at radius 2 is 1.87 bits per heavy atom. The molecule has 4 rings (SSSR count). The molecule has 0 bridgehead atoms. The van der Waals surface area contributed by atoms with Gasteiger partial charge in [0.05, 0.1) is 12.1 Å². The summed E-state index contributed by atoms with van der Waals surface area (Å²) in [6, 6.07) is 5.31. The molecule has 38 heavy (non-hydrogen) atoms. The summed E-state index contributed by atoms with van der Waals surface area (Å²) in [4.78, 5) is 41.2. The Labute approximate surface area is 223 Å². The van der Waals surface area contributed by atoms with Crippen LogP contribution < -0.4 is 15.0 Å². The zero-order valence-corrected chi connectivity index (χ0v) is 23.0. The first kappa shape index (κ1) is 27.4. The second kappa shape index (κ2) is 11.4. The van der Waals surface area contributed by atoms with Crippen LogP contribution in [0.25, 0.3) is 0 Å². The van der Waals surface area contributed by atoms with E-state index < -0.39 is 11.7 Å². The van der Waals surface area contributed by atoms with Crippen molar-refractivity contribution in [2.75, 3.05) is 29.9 Å². The number of hydrogen-bond donors (Lipinski definition) is 1. The highest BCUT2D eigenvalue weighted by Crippen LogP contribution is 2.27. The Morgan fingerprint density at radius 3 is 2.50 bits per heavy atom. The van der Waals surface area contributed by atoms with Crippen molar-refractivity contribution < 1.29 is 23.8 Å². The summed E-state index contributed by atoms with van der Waals surface area (Å²) < 4.78 is 16.8. The second-order valence-corrected chi connectivity index (χ2v) is 11.1. The van der Waals surface area contributed by atoms with E-state index in [0.717, 1.165) is 18.4 Å². The predicted octanol–water partition coefficient (Wildman–Crippen LogP) is 4.80.